The summed E-state index contributed by atoms with van der Waals surface area (Å²) >= 11 is 0. The number of benzene rings is 1. The molecule has 0 aromatic heterocycles. The normalized spacial score (nSPS) is 15.8. The van der Waals surface area contributed by atoms with E-state index < -0.39 is 0 Å². The summed E-state index contributed by atoms with van der Waals surface area (Å²) in [4.78, 5) is 16.0. The van der Waals surface area contributed by atoms with Gasteiger partial charge in [-0.25, -0.2) is 4.79 Å². The second-order valence-corrected chi connectivity index (χ2v) is 4.73. The Hall–Kier alpha value is -1.51. The van der Waals surface area contributed by atoms with Gasteiger partial charge in [-0.1, -0.05) is 12.1 Å². The molecular formula is C14H20N2O. The third-order valence-corrected chi connectivity index (χ3v) is 3.30. The lowest BCUT2D eigenvalue weighted by molar-refractivity contribution is 0.194. The van der Waals surface area contributed by atoms with Gasteiger partial charge in [-0.2, -0.15) is 0 Å². The first-order valence-electron chi connectivity index (χ1n) is 6.28. The number of hydrogen-bond donors (Lipinski definition) is 0. The fraction of sp³-hybridized carbons (Fsp3) is 0.500. The molecule has 2 amide bonds. The van der Waals surface area contributed by atoms with Gasteiger partial charge in [-0.15, -0.1) is 0 Å². The molecule has 0 atom stereocenters. The fourth-order valence-corrected chi connectivity index (χ4v) is 2.24. The zero-order valence-electron chi connectivity index (χ0n) is 10.6. The highest BCUT2D eigenvalue weighted by molar-refractivity contribution is 5.91. The summed E-state index contributed by atoms with van der Waals surface area (Å²) in [5.74, 6) is 0. The molecule has 1 saturated heterocycles. The lowest BCUT2D eigenvalue weighted by atomic mass is 10.1. The van der Waals surface area contributed by atoms with Crippen LogP contribution in [0, 0.1) is 6.92 Å². The lowest BCUT2D eigenvalue weighted by Crippen LogP contribution is -2.43. The van der Waals surface area contributed by atoms with Gasteiger partial charge in [-0.3, -0.25) is 4.90 Å². The highest BCUT2D eigenvalue weighted by Crippen LogP contribution is 2.18. The van der Waals surface area contributed by atoms with Crippen LogP contribution in [0.25, 0.3) is 0 Å². The van der Waals surface area contributed by atoms with Crippen LogP contribution in [-0.4, -0.2) is 31.1 Å². The van der Waals surface area contributed by atoms with Crippen molar-refractivity contribution in [1.29, 1.82) is 0 Å². The van der Waals surface area contributed by atoms with E-state index in [9.17, 15) is 4.79 Å². The number of rotatable bonds is 1. The van der Waals surface area contributed by atoms with Crippen LogP contribution in [0.15, 0.2) is 24.3 Å². The number of hydrogen-bond acceptors (Lipinski definition) is 1. The molecule has 0 unspecified atom stereocenters. The van der Waals surface area contributed by atoms with E-state index in [1.54, 1.807) is 4.90 Å². The minimum Gasteiger partial charge on any atom is -0.324 e. The summed E-state index contributed by atoms with van der Waals surface area (Å²) in [5.41, 5.74) is 2.15. The summed E-state index contributed by atoms with van der Waals surface area (Å²) in [7, 11) is 1.85. The Morgan fingerprint density at radius 1 is 1.24 bits per heavy atom. The number of piperidine rings is 1. The topological polar surface area (TPSA) is 23.6 Å². The van der Waals surface area contributed by atoms with Crippen LogP contribution in [0.4, 0.5) is 10.5 Å². The molecule has 3 heteroatoms. The van der Waals surface area contributed by atoms with Gasteiger partial charge in [0.25, 0.3) is 0 Å². The van der Waals surface area contributed by atoms with Gasteiger partial charge >= 0.3 is 6.03 Å². The first-order chi connectivity index (χ1) is 8.18. The standard InChI is InChI=1S/C14H20N2O/c1-12-7-6-8-13(11-12)15(2)14(17)16-9-4-3-5-10-16/h6-8,11H,3-5,9-10H2,1-2H3. The molecule has 1 heterocycles. The van der Waals surface area contributed by atoms with E-state index in [2.05, 4.69) is 0 Å². The molecule has 1 fully saturated rings. The fourth-order valence-electron chi connectivity index (χ4n) is 2.24. The van der Waals surface area contributed by atoms with Crippen molar-refractivity contribution in [2.75, 3.05) is 25.0 Å². The Balaban J connectivity index is 2.08. The highest BCUT2D eigenvalue weighted by atomic mass is 16.2. The highest BCUT2D eigenvalue weighted by Gasteiger charge is 2.20. The zero-order chi connectivity index (χ0) is 12.3. The maximum absolute atomic E-state index is 12.3. The second-order valence-electron chi connectivity index (χ2n) is 4.73. The van der Waals surface area contributed by atoms with Crippen molar-refractivity contribution in [2.45, 2.75) is 26.2 Å². The predicted octanol–water partition coefficient (Wildman–Crippen LogP) is 3.04. The summed E-state index contributed by atoms with van der Waals surface area (Å²) in [5, 5.41) is 0. The van der Waals surface area contributed by atoms with Crippen LogP contribution in [0.5, 0.6) is 0 Å². The molecule has 1 aliphatic rings. The van der Waals surface area contributed by atoms with Crippen molar-refractivity contribution in [3.05, 3.63) is 29.8 Å². The molecule has 1 aromatic carbocycles. The maximum atomic E-state index is 12.3. The lowest BCUT2D eigenvalue weighted by Gasteiger charge is -2.31. The van der Waals surface area contributed by atoms with Crippen LogP contribution >= 0.6 is 0 Å². The molecule has 1 aliphatic heterocycles. The van der Waals surface area contributed by atoms with Crippen molar-refractivity contribution in [3.63, 3.8) is 0 Å². The number of anilines is 1. The number of carbonyl (C=O) groups is 1. The first-order valence-corrected chi connectivity index (χ1v) is 6.28. The third-order valence-electron chi connectivity index (χ3n) is 3.30. The van der Waals surface area contributed by atoms with E-state index in [4.69, 9.17) is 0 Å². The van der Waals surface area contributed by atoms with Gasteiger partial charge in [-0.05, 0) is 43.9 Å². The minimum absolute atomic E-state index is 0.121. The smallest absolute Gasteiger partial charge is 0.324 e. The van der Waals surface area contributed by atoms with Crippen LogP contribution in [0.3, 0.4) is 0 Å². The van der Waals surface area contributed by atoms with Crippen molar-refractivity contribution < 1.29 is 4.79 Å². The van der Waals surface area contributed by atoms with Gasteiger partial charge in [0.05, 0.1) is 0 Å². The summed E-state index contributed by atoms with van der Waals surface area (Å²) < 4.78 is 0. The van der Waals surface area contributed by atoms with Crippen molar-refractivity contribution >= 4 is 11.7 Å². The molecule has 0 N–H and O–H groups in total. The average Bonchev–Trinajstić information content (AvgIpc) is 2.38. The van der Waals surface area contributed by atoms with E-state index >= 15 is 0 Å². The van der Waals surface area contributed by atoms with Crippen LogP contribution in [0.2, 0.25) is 0 Å². The molecular weight excluding hydrogens is 212 g/mol. The van der Waals surface area contributed by atoms with Gasteiger partial charge < -0.3 is 4.90 Å². The molecule has 1 aromatic rings. The third kappa shape index (κ3) is 2.78. The number of aryl methyl sites for hydroxylation is 1. The van der Waals surface area contributed by atoms with Crippen LogP contribution in [0.1, 0.15) is 24.8 Å². The van der Waals surface area contributed by atoms with Gasteiger partial charge in [0.1, 0.15) is 0 Å². The van der Waals surface area contributed by atoms with Gasteiger partial charge in [0.2, 0.25) is 0 Å². The molecule has 17 heavy (non-hydrogen) atoms. The van der Waals surface area contributed by atoms with E-state index in [1.807, 2.05) is 43.1 Å². The molecule has 0 radical (unpaired) electrons. The summed E-state index contributed by atoms with van der Waals surface area (Å²) in [6.07, 6.45) is 3.51. The quantitative estimate of drug-likeness (QED) is 0.730. The molecule has 0 spiro atoms. The predicted molar refractivity (Wildman–Crippen MR) is 70.4 cm³/mol. The number of urea groups is 1. The Morgan fingerprint density at radius 3 is 2.59 bits per heavy atom. The van der Waals surface area contributed by atoms with E-state index in [-0.39, 0.29) is 6.03 Å². The minimum atomic E-state index is 0.121. The second kappa shape index (κ2) is 5.21. The Morgan fingerprint density at radius 2 is 1.94 bits per heavy atom. The number of nitrogens with zero attached hydrogens (tertiary/aromatic N) is 2. The van der Waals surface area contributed by atoms with Crippen LogP contribution < -0.4 is 4.90 Å². The number of likely N-dealkylation sites (tertiary alicyclic amines) is 1. The van der Waals surface area contributed by atoms with Gasteiger partial charge in [0.15, 0.2) is 0 Å². The van der Waals surface area contributed by atoms with E-state index in [0.29, 0.717) is 0 Å². The first kappa shape index (κ1) is 12.0. The zero-order valence-corrected chi connectivity index (χ0v) is 10.6. The summed E-state index contributed by atoms with van der Waals surface area (Å²) in [6.45, 7) is 3.84. The number of carbonyl (C=O) groups excluding carboxylic acids is 1. The van der Waals surface area contributed by atoms with Gasteiger partial charge in [0, 0.05) is 25.8 Å². The monoisotopic (exact) mass is 232 g/mol. The van der Waals surface area contributed by atoms with Crippen molar-refractivity contribution in [2.24, 2.45) is 0 Å². The molecule has 0 bridgehead atoms. The molecule has 92 valence electrons. The maximum Gasteiger partial charge on any atom is 0.324 e. The largest absolute Gasteiger partial charge is 0.324 e. The molecule has 0 saturated carbocycles. The molecule has 0 aliphatic carbocycles. The Bertz CT molecular complexity index is 397. The Labute approximate surface area is 103 Å². The SMILES string of the molecule is Cc1cccc(N(C)C(=O)N2CCCCC2)c1. The Kier molecular flexibility index (Phi) is 3.67. The number of amides is 2. The van der Waals surface area contributed by atoms with E-state index in [1.165, 1.54) is 12.0 Å². The van der Waals surface area contributed by atoms with Crippen molar-refractivity contribution in [1.82, 2.24) is 4.90 Å². The van der Waals surface area contributed by atoms with Crippen LogP contribution in [-0.2, 0) is 0 Å². The average molecular weight is 232 g/mol. The summed E-state index contributed by atoms with van der Waals surface area (Å²) in [6, 6.07) is 8.18. The van der Waals surface area contributed by atoms with E-state index in [0.717, 1.165) is 31.6 Å². The molecule has 2 rings (SSSR count). The molecule has 3 nitrogen and oxygen atoms in total. The van der Waals surface area contributed by atoms with Crippen molar-refractivity contribution in [3.8, 4) is 0 Å².